The first-order valence-electron chi connectivity index (χ1n) is 20.0. The molecule has 1 aromatic heterocycles. The Morgan fingerprint density at radius 3 is 2.30 bits per heavy atom. The molecule has 4 N–H and O–H groups in total. The lowest BCUT2D eigenvalue weighted by atomic mass is 9.78. The van der Waals surface area contributed by atoms with Crippen LogP contribution in [0.15, 0.2) is 48.7 Å². The van der Waals surface area contributed by atoms with E-state index in [0.29, 0.717) is 24.4 Å². The first-order chi connectivity index (χ1) is 26.6. The lowest BCUT2D eigenvalue weighted by Crippen LogP contribution is -2.62. The van der Waals surface area contributed by atoms with Gasteiger partial charge in [0.25, 0.3) is 0 Å². The molecule has 57 heavy (non-hydrogen) atoms. The van der Waals surface area contributed by atoms with E-state index in [9.17, 15) is 30.0 Å². The molecule has 2 aliphatic rings. The fourth-order valence-electron chi connectivity index (χ4n) is 8.45. The monoisotopic (exact) mass is 820 g/mol. The van der Waals surface area contributed by atoms with Gasteiger partial charge in [-0.15, -0.1) is 0 Å². The Kier molecular flexibility index (Phi) is 15.8. The Bertz CT molecular complexity index is 1600. The van der Waals surface area contributed by atoms with Crippen molar-refractivity contribution in [3.63, 3.8) is 0 Å². The third-order valence-corrected chi connectivity index (χ3v) is 12.2. The van der Waals surface area contributed by atoms with Gasteiger partial charge in [-0.1, -0.05) is 50.6 Å². The standard InChI is InChI=1S/C42H65ClN4O10/c1-12-32-42(8,53)36(49)28(6)45(9)23-24(2)21-41(7,52)37(26(4)34(48)27(5)38(50)56-32)57-39-35(55-30-18-19-33(43)44-22-30)31(20-25(3)54-39)47(11)40(51)46(10)29-16-14-13-15-17-29/h13-19,22,24-28,31-32,34-37,39,48-49,52-53H,12,20-21,23H2,1-11H3/t24-,25-,26+,27-,28-,31+,32-,34+,35-,36-,37-,39+,41-,42-/m1/s1. The average Bonchev–Trinajstić information content (AvgIpc) is 3.17. The van der Waals surface area contributed by atoms with E-state index < -0.39 is 84.0 Å². The Labute approximate surface area is 343 Å². The topological polar surface area (TPSA) is 175 Å². The third-order valence-electron chi connectivity index (χ3n) is 12.0. The number of cyclic esters (lactones) is 1. The van der Waals surface area contributed by atoms with Crippen LogP contribution in [-0.4, -0.2) is 141 Å². The number of anilines is 1. The molecular formula is C42H65ClN4O10. The van der Waals surface area contributed by atoms with E-state index >= 15 is 0 Å². The number of pyridine rings is 1. The van der Waals surface area contributed by atoms with Crippen molar-refractivity contribution in [3.8, 4) is 5.75 Å². The number of ether oxygens (including phenoxy) is 4. The molecule has 2 fully saturated rings. The molecule has 0 unspecified atom stereocenters. The summed E-state index contributed by atoms with van der Waals surface area (Å²) in [5.74, 6) is -2.66. The summed E-state index contributed by atoms with van der Waals surface area (Å²) in [6, 6.07) is 11.0. The molecular weight excluding hydrogens is 756 g/mol. The molecule has 14 nitrogen and oxygen atoms in total. The fourth-order valence-corrected chi connectivity index (χ4v) is 8.56. The smallest absolute Gasteiger partial charge is 0.324 e. The summed E-state index contributed by atoms with van der Waals surface area (Å²) >= 11 is 6.11. The lowest BCUT2D eigenvalue weighted by molar-refractivity contribution is -0.293. The summed E-state index contributed by atoms with van der Waals surface area (Å²) in [5, 5.41) is 47.6. The summed E-state index contributed by atoms with van der Waals surface area (Å²) in [7, 11) is 5.20. The van der Waals surface area contributed by atoms with Gasteiger partial charge in [0.05, 0.1) is 42.1 Å². The first-order valence-corrected chi connectivity index (χ1v) is 20.3. The number of nitrogens with zero attached hydrogens (tertiary/aromatic N) is 4. The largest absolute Gasteiger partial charge is 0.481 e. The van der Waals surface area contributed by atoms with Crippen LogP contribution in [0.25, 0.3) is 0 Å². The van der Waals surface area contributed by atoms with Crippen molar-refractivity contribution in [2.45, 2.75) is 141 Å². The number of para-hydroxylation sites is 1. The number of carbonyl (C=O) groups is 2. The van der Waals surface area contributed by atoms with Gasteiger partial charge in [0, 0.05) is 38.3 Å². The van der Waals surface area contributed by atoms with Gasteiger partial charge in [0.2, 0.25) is 0 Å². The molecule has 1 aromatic carbocycles. The molecule has 0 radical (unpaired) electrons. The molecule has 320 valence electrons. The molecule has 2 amide bonds. The van der Waals surface area contributed by atoms with Crippen molar-refractivity contribution >= 4 is 29.3 Å². The predicted molar refractivity (Wildman–Crippen MR) is 217 cm³/mol. The number of amides is 2. The molecule has 0 bridgehead atoms. The number of carbonyl (C=O) groups excluding carboxylic acids is 2. The number of likely N-dealkylation sites (N-methyl/N-ethyl adjacent to an activating group) is 2. The van der Waals surface area contributed by atoms with Crippen molar-refractivity contribution in [1.82, 2.24) is 14.8 Å². The maximum absolute atomic E-state index is 14.1. The van der Waals surface area contributed by atoms with Crippen molar-refractivity contribution in [2.75, 3.05) is 32.6 Å². The van der Waals surface area contributed by atoms with E-state index in [-0.39, 0.29) is 29.9 Å². The summed E-state index contributed by atoms with van der Waals surface area (Å²) in [4.78, 5) is 37.0. The van der Waals surface area contributed by atoms with Gasteiger partial charge < -0.3 is 49.2 Å². The number of hydrogen-bond acceptors (Lipinski definition) is 12. The summed E-state index contributed by atoms with van der Waals surface area (Å²) < 4.78 is 25.8. The molecule has 15 heteroatoms. The van der Waals surface area contributed by atoms with Crippen LogP contribution in [0.3, 0.4) is 0 Å². The summed E-state index contributed by atoms with van der Waals surface area (Å²) in [6.45, 7) is 14.0. The molecule has 2 aromatic rings. The minimum absolute atomic E-state index is 0.174. The number of halogens is 1. The zero-order chi connectivity index (χ0) is 42.6. The first kappa shape index (κ1) is 46.6. The SMILES string of the molecule is CC[C@H]1OC(=O)[C@H](C)[C@@H](O)[C@H](C)[C@@H](O[C@@H]2O[C@H](C)C[C@H](N(C)C(=O)N(C)c3ccccc3)[C@H]2Oc2ccc(Cl)nc2)[C@](C)(O)C[C@@H](C)CN(C)[C@H](C)[C@@H](O)[C@]1(C)O. The normalized spacial score (nSPS) is 37.6. The molecule has 0 saturated carbocycles. The molecule has 0 spiro atoms. The number of rotatable bonds is 7. The van der Waals surface area contributed by atoms with E-state index in [1.807, 2.05) is 56.1 Å². The van der Waals surface area contributed by atoms with Gasteiger partial charge in [0.15, 0.2) is 12.4 Å². The van der Waals surface area contributed by atoms with E-state index in [1.165, 1.54) is 20.0 Å². The minimum atomic E-state index is -1.81. The number of hydrogen-bond donors (Lipinski definition) is 4. The van der Waals surface area contributed by atoms with Crippen LogP contribution >= 0.6 is 11.6 Å². The van der Waals surface area contributed by atoms with Crippen LogP contribution in [0.4, 0.5) is 10.5 Å². The van der Waals surface area contributed by atoms with Gasteiger partial charge in [-0.25, -0.2) is 9.78 Å². The van der Waals surface area contributed by atoms with Crippen molar-refractivity contribution in [1.29, 1.82) is 0 Å². The van der Waals surface area contributed by atoms with Crippen LogP contribution in [-0.2, 0) is 19.0 Å². The molecule has 2 aliphatic heterocycles. The number of esters is 1. The zero-order valence-electron chi connectivity index (χ0n) is 35.3. The van der Waals surface area contributed by atoms with Crippen LogP contribution in [0.2, 0.25) is 5.15 Å². The zero-order valence-corrected chi connectivity index (χ0v) is 36.0. The van der Waals surface area contributed by atoms with E-state index in [4.69, 9.17) is 30.5 Å². The summed E-state index contributed by atoms with van der Waals surface area (Å²) in [6.07, 6.45) is -5.33. The number of aliphatic hydroxyl groups is 4. The second-order valence-corrected chi connectivity index (χ2v) is 17.2. The Balaban J connectivity index is 1.77. The Morgan fingerprint density at radius 2 is 1.70 bits per heavy atom. The van der Waals surface area contributed by atoms with E-state index in [2.05, 4.69) is 4.98 Å². The van der Waals surface area contributed by atoms with E-state index in [0.717, 1.165) is 0 Å². The Hall–Kier alpha value is -3.08. The maximum atomic E-state index is 14.1. The van der Waals surface area contributed by atoms with E-state index in [1.54, 1.807) is 63.7 Å². The quantitative estimate of drug-likeness (QED) is 0.224. The number of urea groups is 1. The molecule has 3 heterocycles. The Morgan fingerprint density at radius 1 is 1.05 bits per heavy atom. The van der Waals surface area contributed by atoms with Crippen LogP contribution in [0.1, 0.15) is 74.7 Å². The van der Waals surface area contributed by atoms with Gasteiger partial charge in [0.1, 0.15) is 28.7 Å². The molecule has 4 rings (SSSR count). The van der Waals surface area contributed by atoms with Crippen LogP contribution in [0.5, 0.6) is 5.75 Å². The lowest BCUT2D eigenvalue weighted by Gasteiger charge is -2.48. The van der Waals surface area contributed by atoms with Crippen molar-refractivity contribution in [2.24, 2.45) is 17.8 Å². The highest BCUT2D eigenvalue weighted by molar-refractivity contribution is 6.29. The van der Waals surface area contributed by atoms with Crippen LogP contribution < -0.4 is 9.64 Å². The predicted octanol–water partition coefficient (Wildman–Crippen LogP) is 4.74. The highest BCUT2D eigenvalue weighted by Gasteiger charge is 2.51. The second-order valence-electron chi connectivity index (χ2n) is 16.9. The number of benzene rings is 1. The highest BCUT2D eigenvalue weighted by Crippen LogP contribution is 2.38. The van der Waals surface area contributed by atoms with Crippen molar-refractivity contribution in [3.05, 3.63) is 53.8 Å². The van der Waals surface area contributed by atoms with Gasteiger partial charge >= 0.3 is 12.0 Å². The number of aliphatic hydroxyl groups excluding tert-OH is 2. The maximum Gasteiger partial charge on any atom is 0.324 e. The fraction of sp³-hybridized carbons (Fsp3) is 0.690. The van der Waals surface area contributed by atoms with Gasteiger partial charge in [-0.3, -0.25) is 9.69 Å². The second kappa shape index (κ2) is 19.3. The van der Waals surface area contributed by atoms with Crippen LogP contribution in [0, 0.1) is 17.8 Å². The summed E-state index contributed by atoms with van der Waals surface area (Å²) in [5.41, 5.74) is -2.74. The molecule has 0 aliphatic carbocycles. The molecule has 2 saturated heterocycles. The number of aromatic nitrogens is 1. The average molecular weight is 821 g/mol. The molecule has 14 atom stereocenters. The minimum Gasteiger partial charge on any atom is -0.481 e. The third kappa shape index (κ3) is 11.0. The highest BCUT2D eigenvalue weighted by atomic mass is 35.5. The van der Waals surface area contributed by atoms with Crippen molar-refractivity contribution < 1.29 is 49.0 Å². The van der Waals surface area contributed by atoms with Gasteiger partial charge in [-0.2, -0.15) is 0 Å². The van der Waals surface area contributed by atoms with Gasteiger partial charge in [-0.05, 0) is 91.1 Å².